The number of methoxy groups -OCH3 is 1. The second kappa shape index (κ2) is 6.01. The number of hydrogen-bond donors (Lipinski definition) is 2. The van der Waals surface area contributed by atoms with E-state index in [1.807, 2.05) is 0 Å². The van der Waals surface area contributed by atoms with Gasteiger partial charge in [0.15, 0.2) is 0 Å². The highest BCUT2D eigenvalue weighted by Crippen LogP contribution is 2.17. The van der Waals surface area contributed by atoms with E-state index >= 15 is 0 Å². The lowest BCUT2D eigenvalue weighted by molar-refractivity contribution is -0.135. The predicted octanol–water partition coefficient (Wildman–Crippen LogP) is 0.894. The molecule has 1 aromatic carbocycles. The Balaban J connectivity index is 1.92. The lowest BCUT2D eigenvalue weighted by Gasteiger charge is -2.10. The Bertz CT molecular complexity index is 523. The molecule has 6 heteroatoms. The average molecular weight is 261 g/mol. The molecule has 6 nitrogen and oxygen atoms in total. The van der Waals surface area contributed by atoms with Gasteiger partial charge >= 0.3 is 5.97 Å². The van der Waals surface area contributed by atoms with Crippen LogP contribution in [0.3, 0.4) is 0 Å². The van der Waals surface area contributed by atoms with Crippen molar-refractivity contribution in [3.8, 4) is 11.5 Å². The van der Waals surface area contributed by atoms with E-state index in [4.69, 9.17) is 15.2 Å². The number of H-pyrrole nitrogens is 1. The summed E-state index contributed by atoms with van der Waals surface area (Å²) in [6.45, 7) is 0. The largest absolute Gasteiger partial charge is 0.497 e. The van der Waals surface area contributed by atoms with Crippen LogP contribution < -0.4 is 15.2 Å². The normalized spacial score (nSPS) is 11.9. The van der Waals surface area contributed by atoms with Gasteiger partial charge in [-0.25, -0.2) is 9.78 Å². The van der Waals surface area contributed by atoms with E-state index in [-0.39, 0.29) is 0 Å². The average Bonchev–Trinajstić information content (AvgIpc) is 2.92. The Labute approximate surface area is 110 Å². The molecule has 0 radical (unpaired) electrons. The molecule has 2 aromatic rings. The molecule has 0 fully saturated rings. The Hall–Kier alpha value is -2.34. The monoisotopic (exact) mass is 261 g/mol. The molecule has 1 heterocycles. The van der Waals surface area contributed by atoms with Gasteiger partial charge < -0.3 is 20.2 Å². The highest BCUT2D eigenvalue weighted by molar-refractivity contribution is 5.78. The van der Waals surface area contributed by atoms with Crippen molar-refractivity contribution in [2.45, 2.75) is 12.5 Å². The molecule has 0 amide bonds. The van der Waals surface area contributed by atoms with Crippen molar-refractivity contribution < 1.29 is 14.3 Å². The van der Waals surface area contributed by atoms with E-state index in [9.17, 15) is 4.79 Å². The Morgan fingerprint density at radius 3 is 2.63 bits per heavy atom. The molecule has 0 aliphatic heterocycles. The third-order valence-corrected chi connectivity index (χ3v) is 2.58. The van der Waals surface area contributed by atoms with Gasteiger partial charge in [-0.1, -0.05) is 0 Å². The second-order valence-corrected chi connectivity index (χ2v) is 3.98. The maximum Gasteiger partial charge on any atom is 0.328 e. The van der Waals surface area contributed by atoms with Crippen LogP contribution in [0, 0.1) is 0 Å². The summed E-state index contributed by atoms with van der Waals surface area (Å²) in [5, 5.41) is 0. The fourth-order valence-electron chi connectivity index (χ4n) is 1.55. The summed E-state index contributed by atoms with van der Waals surface area (Å²) in [4.78, 5) is 18.5. The van der Waals surface area contributed by atoms with E-state index in [0.717, 1.165) is 5.69 Å². The molecule has 1 aromatic heterocycles. The van der Waals surface area contributed by atoms with E-state index < -0.39 is 12.0 Å². The quantitative estimate of drug-likeness (QED) is 0.616. The van der Waals surface area contributed by atoms with Crippen LogP contribution in [-0.2, 0) is 11.2 Å². The molecular weight excluding hydrogens is 246 g/mol. The summed E-state index contributed by atoms with van der Waals surface area (Å²) in [6, 6.07) is 5.99. The van der Waals surface area contributed by atoms with Crippen LogP contribution in [0.15, 0.2) is 36.8 Å². The summed E-state index contributed by atoms with van der Waals surface area (Å²) >= 11 is 0. The number of carbonyl (C=O) groups is 1. The molecule has 0 aliphatic carbocycles. The molecule has 2 rings (SSSR count). The molecule has 100 valence electrons. The van der Waals surface area contributed by atoms with E-state index in [1.54, 1.807) is 37.6 Å². The first kappa shape index (κ1) is 13.1. The molecule has 0 spiro atoms. The Morgan fingerprint density at radius 1 is 1.37 bits per heavy atom. The van der Waals surface area contributed by atoms with Crippen LogP contribution in [0.4, 0.5) is 0 Å². The van der Waals surface area contributed by atoms with Gasteiger partial charge in [0.1, 0.15) is 17.5 Å². The van der Waals surface area contributed by atoms with Crippen LogP contribution in [0.2, 0.25) is 0 Å². The number of carbonyl (C=O) groups excluding carboxylic acids is 1. The zero-order valence-corrected chi connectivity index (χ0v) is 10.5. The number of rotatable bonds is 5. The second-order valence-electron chi connectivity index (χ2n) is 3.98. The summed E-state index contributed by atoms with van der Waals surface area (Å²) in [5.74, 6) is 0.646. The summed E-state index contributed by atoms with van der Waals surface area (Å²) in [5.41, 5.74) is 6.56. The lowest BCUT2D eigenvalue weighted by atomic mass is 10.2. The zero-order valence-electron chi connectivity index (χ0n) is 10.5. The van der Waals surface area contributed by atoms with Gasteiger partial charge in [0.05, 0.1) is 13.4 Å². The Kier molecular flexibility index (Phi) is 4.15. The van der Waals surface area contributed by atoms with Crippen molar-refractivity contribution in [1.29, 1.82) is 0 Å². The lowest BCUT2D eigenvalue weighted by Crippen LogP contribution is -2.36. The van der Waals surface area contributed by atoms with Crippen molar-refractivity contribution in [2.75, 3.05) is 7.11 Å². The van der Waals surface area contributed by atoms with Gasteiger partial charge in [-0.3, -0.25) is 0 Å². The molecule has 0 saturated carbocycles. The molecule has 1 atom stereocenters. The zero-order chi connectivity index (χ0) is 13.7. The van der Waals surface area contributed by atoms with E-state index in [1.165, 1.54) is 6.33 Å². The third kappa shape index (κ3) is 3.56. The van der Waals surface area contributed by atoms with E-state index in [0.29, 0.717) is 17.9 Å². The highest BCUT2D eigenvalue weighted by Gasteiger charge is 2.17. The number of benzene rings is 1. The van der Waals surface area contributed by atoms with Crippen LogP contribution in [0.25, 0.3) is 0 Å². The molecule has 0 bridgehead atoms. The van der Waals surface area contributed by atoms with Crippen molar-refractivity contribution in [3.63, 3.8) is 0 Å². The maximum absolute atomic E-state index is 11.8. The van der Waals surface area contributed by atoms with Gasteiger partial charge in [-0.05, 0) is 24.3 Å². The first-order valence-electron chi connectivity index (χ1n) is 5.77. The van der Waals surface area contributed by atoms with Crippen LogP contribution in [-0.4, -0.2) is 29.1 Å². The third-order valence-electron chi connectivity index (χ3n) is 2.58. The SMILES string of the molecule is COc1ccc(OC(=O)[C@@H](N)Cc2cnc[nH]2)cc1. The number of nitrogens with zero attached hydrogens (tertiary/aromatic N) is 1. The topological polar surface area (TPSA) is 90.2 Å². The number of imidazole rings is 1. The number of hydrogen-bond acceptors (Lipinski definition) is 5. The fraction of sp³-hybridized carbons (Fsp3) is 0.231. The van der Waals surface area contributed by atoms with Crippen molar-refractivity contribution in [3.05, 3.63) is 42.5 Å². The maximum atomic E-state index is 11.8. The van der Waals surface area contributed by atoms with Gasteiger partial charge in [0.2, 0.25) is 0 Å². The predicted molar refractivity (Wildman–Crippen MR) is 68.9 cm³/mol. The molecule has 3 N–H and O–H groups in total. The van der Waals surface area contributed by atoms with E-state index in [2.05, 4.69) is 9.97 Å². The van der Waals surface area contributed by atoms with Gasteiger partial charge in [-0.2, -0.15) is 0 Å². The minimum atomic E-state index is -0.734. The minimum Gasteiger partial charge on any atom is -0.497 e. The van der Waals surface area contributed by atoms with Gasteiger partial charge in [-0.15, -0.1) is 0 Å². The molecule has 0 aliphatic rings. The summed E-state index contributed by atoms with van der Waals surface area (Å²) in [7, 11) is 1.57. The van der Waals surface area contributed by atoms with Crippen LogP contribution in [0.5, 0.6) is 11.5 Å². The van der Waals surface area contributed by atoms with Gasteiger partial charge in [0, 0.05) is 18.3 Å². The summed E-state index contributed by atoms with van der Waals surface area (Å²) in [6.07, 6.45) is 3.52. The minimum absolute atomic E-state index is 0.356. The molecule has 19 heavy (non-hydrogen) atoms. The van der Waals surface area contributed by atoms with Crippen LogP contribution in [0.1, 0.15) is 5.69 Å². The number of aromatic amines is 1. The first-order valence-corrected chi connectivity index (χ1v) is 5.77. The number of nitrogens with one attached hydrogen (secondary N) is 1. The highest BCUT2D eigenvalue weighted by atomic mass is 16.5. The molecular formula is C13H15N3O3. The molecule has 0 saturated heterocycles. The number of ether oxygens (including phenoxy) is 2. The standard InChI is InChI=1S/C13H15N3O3/c1-18-10-2-4-11(5-3-10)19-13(17)12(14)6-9-7-15-8-16-9/h2-5,7-8,12H,6,14H2,1H3,(H,15,16)/t12-/m0/s1. The van der Waals surface area contributed by atoms with Crippen molar-refractivity contribution in [1.82, 2.24) is 9.97 Å². The summed E-state index contributed by atoms with van der Waals surface area (Å²) < 4.78 is 10.2. The van der Waals surface area contributed by atoms with Gasteiger partial charge in [0.25, 0.3) is 0 Å². The molecule has 0 unspecified atom stereocenters. The first-order chi connectivity index (χ1) is 9.19. The Morgan fingerprint density at radius 2 is 2.05 bits per heavy atom. The smallest absolute Gasteiger partial charge is 0.328 e. The van der Waals surface area contributed by atoms with Crippen LogP contribution >= 0.6 is 0 Å². The fourth-order valence-corrected chi connectivity index (χ4v) is 1.55. The number of esters is 1. The van der Waals surface area contributed by atoms with Crippen molar-refractivity contribution >= 4 is 5.97 Å². The van der Waals surface area contributed by atoms with Crippen molar-refractivity contribution in [2.24, 2.45) is 5.73 Å². The number of nitrogens with two attached hydrogens (primary N) is 1. The number of aromatic nitrogens is 2.